The Kier molecular flexibility index (Phi) is 4.56. The summed E-state index contributed by atoms with van der Waals surface area (Å²) in [6.07, 6.45) is 4.43. The molecule has 1 saturated carbocycles. The molecule has 0 saturated heterocycles. The molecule has 1 fully saturated rings. The molecule has 0 spiro atoms. The Bertz CT molecular complexity index is 498. The molecule has 4 heteroatoms. The molecule has 1 aromatic rings. The predicted molar refractivity (Wildman–Crippen MR) is 77.5 cm³/mol. The van der Waals surface area contributed by atoms with Gasteiger partial charge in [0, 0.05) is 5.69 Å². The third kappa shape index (κ3) is 2.90. The number of hydrogen-bond donors (Lipinski definition) is 1. The molecule has 1 amide bonds. The monoisotopic (exact) mass is 273 g/mol. The second-order valence-electron chi connectivity index (χ2n) is 5.04. The average molecular weight is 273 g/mol. The summed E-state index contributed by atoms with van der Waals surface area (Å²) in [6, 6.07) is 8.92. The largest absolute Gasteiger partial charge is 0.481 e. The molecule has 0 bridgehead atoms. The highest BCUT2D eigenvalue weighted by Crippen LogP contribution is 2.32. The third-order valence-corrected chi connectivity index (χ3v) is 3.82. The average Bonchev–Trinajstić information content (AvgIpc) is 2.48. The summed E-state index contributed by atoms with van der Waals surface area (Å²) >= 11 is 0. The van der Waals surface area contributed by atoms with Gasteiger partial charge in [0.1, 0.15) is 0 Å². The number of carboxylic acid groups (broad SMARTS) is 1. The second kappa shape index (κ2) is 6.37. The summed E-state index contributed by atoms with van der Waals surface area (Å²) in [5.74, 6) is -1.57. The Morgan fingerprint density at radius 2 is 1.85 bits per heavy atom. The van der Waals surface area contributed by atoms with Crippen LogP contribution in [0.3, 0.4) is 0 Å². The molecule has 0 aromatic heterocycles. The van der Waals surface area contributed by atoms with Crippen LogP contribution in [-0.4, -0.2) is 23.0 Å². The van der Waals surface area contributed by atoms with Crippen LogP contribution in [0.5, 0.6) is 0 Å². The minimum atomic E-state index is -0.826. The van der Waals surface area contributed by atoms with Gasteiger partial charge in [0.2, 0.25) is 0 Å². The van der Waals surface area contributed by atoms with Gasteiger partial charge in [-0.1, -0.05) is 37.6 Å². The van der Waals surface area contributed by atoms with Crippen LogP contribution in [0.2, 0.25) is 0 Å². The fraction of sp³-hybridized carbons (Fsp3) is 0.375. The maximum Gasteiger partial charge on any atom is 0.308 e. The summed E-state index contributed by atoms with van der Waals surface area (Å²) in [4.78, 5) is 25.2. The van der Waals surface area contributed by atoms with Crippen molar-refractivity contribution in [2.75, 3.05) is 4.90 Å². The second-order valence-corrected chi connectivity index (χ2v) is 5.04. The van der Waals surface area contributed by atoms with E-state index in [1.807, 2.05) is 30.3 Å². The molecular formula is C16H19NO3. The van der Waals surface area contributed by atoms with E-state index in [0.29, 0.717) is 12.8 Å². The van der Waals surface area contributed by atoms with Gasteiger partial charge < -0.3 is 10.0 Å². The van der Waals surface area contributed by atoms with E-state index in [1.54, 1.807) is 4.90 Å². The topological polar surface area (TPSA) is 57.6 Å². The number of carbonyl (C=O) groups is 2. The van der Waals surface area contributed by atoms with Crippen LogP contribution < -0.4 is 4.90 Å². The van der Waals surface area contributed by atoms with Gasteiger partial charge >= 0.3 is 5.97 Å². The zero-order valence-electron chi connectivity index (χ0n) is 11.4. The lowest BCUT2D eigenvalue weighted by molar-refractivity contribution is -0.143. The van der Waals surface area contributed by atoms with Crippen molar-refractivity contribution >= 4 is 17.6 Å². The Labute approximate surface area is 118 Å². The van der Waals surface area contributed by atoms with Crippen LogP contribution in [0, 0.1) is 5.92 Å². The van der Waals surface area contributed by atoms with E-state index >= 15 is 0 Å². The van der Waals surface area contributed by atoms with Gasteiger partial charge in [-0.3, -0.25) is 9.59 Å². The van der Waals surface area contributed by atoms with Crippen LogP contribution in [0.1, 0.15) is 25.7 Å². The minimum Gasteiger partial charge on any atom is -0.481 e. The number of nitrogens with zero attached hydrogens (tertiary/aromatic N) is 1. The van der Waals surface area contributed by atoms with Gasteiger partial charge in [0.25, 0.3) is 5.91 Å². The number of hydrogen-bond acceptors (Lipinski definition) is 2. The smallest absolute Gasteiger partial charge is 0.308 e. The fourth-order valence-electron chi connectivity index (χ4n) is 2.88. The van der Waals surface area contributed by atoms with Crippen LogP contribution in [0.25, 0.3) is 0 Å². The highest BCUT2D eigenvalue weighted by atomic mass is 16.4. The molecule has 2 atom stereocenters. The van der Waals surface area contributed by atoms with Crippen molar-refractivity contribution in [3.63, 3.8) is 0 Å². The molecule has 1 aromatic carbocycles. The number of para-hydroxylation sites is 1. The standard InChI is InChI=1S/C16H19NO3/c1-2-15(18)17(12-8-4-3-5-9-12)14-11-7-6-10-13(14)16(19)20/h2-5,8-9,13-14H,1,6-7,10-11H2,(H,19,20). The zero-order valence-corrected chi connectivity index (χ0v) is 11.4. The SMILES string of the molecule is C=CC(=O)N(c1ccccc1)C1CCCCC1C(=O)O. The van der Waals surface area contributed by atoms with Crippen LogP contribution in [0.4, 0.5) is 5.69 Å². The molecular weight excluding hydrogens is 254 g/mol. The lowest BCUT2D eigenvalue weighted by atomic mass is 9.83. The number of benzene rings is 1. The molecule has 0 radical (unpaired) electrons. The maximum atomic E-state index is 12.2. The fourth-order valence-corrected chi connectivity index (χ4v) is 2.88. The molecule has 4 nitrogen and oxygen atoms in total. The van der Waals surface area contributed by atoms with E-state index < -0.39 is 11.9 Å². The number of amides is 1. The van der Waals surface area contributed by atoms with Crippen molar-refractivity contribution < 1.29 is 14.7 Å². The van der Waals surface area contributed by atoms with Crippen LogP contribution in [0.15, 0.2) is 43.0 Å². The number of carboxylic acids is 1. The van der Waals surface area contributed by atoms with Crippen molar-refractivity contribution in [3.8, 4) is 0 Å². The summed E-state index contributed by atoms with van der Waals surface area (Å²) in [6.45, 7) is 3.53. The molecule has 0 heterocycles. The lowest BCUT2D eigenvalue weighted by Crippen LogP contribution is -2.48. The molecule has 106 valence electrons. The summed E-state index contributed by atoms with van der Waals surface area (Å²) in [7, 11) is 0. The molecule has 1 N–H and O–H groups in total. The van der Waals surface area contributed by atoms with Gasteiger partial charge in [-0.15, -0.1) is 0 Å². The first kappa shape index (κ1) is 14.3. The number of carbonyl (C=O) groups excluding carboxylic acids is 1. The van der Waals surface area contributed by atoms with Crippen molar-refractivity contribution in [3.05, 3.63) is 43.0 Å². The van der Waals surface area contributed by atoms with Crippen molar-refractivity contribution in [2.24, 2.45) is 5.92 Å². The van der Waals surface area contributed by atoms with Gasteiger partial charge in [0.15, 0.2) is 0 Å². The molecule has 1 aliphatic carbocycles. The first-order valence-electron chi connectivity index (χ1n) is 6.88. The maximum absolute atomic E-state index is 12.2. The van der Waals surface area contributed by atoms with Gasteiger partial charge in [-0.25, -0.2) is 0 Å². The van der Waals surface area contributed by atoms with Gasteiger partial charge in [-0.2, -0.15) is 0 Å². The van der Waals surface area contributed by atoms with Crippen molar-refractivity contribution in [1.29, 1.82) is 0 Å². The van der Waals surface area contributed by atoms with E-state index in [-0.39, 0.29) is 11.9 Å². The molecule has 2 rings (SSSR count). The van der Waals surface area contributed by atoms with Gasteiger partial charge in [0.05, 0.1) is 12.0 Å². The third-order valence-electron chi connectivity index (χ3n) is 3.82. The van der Waals surface area contributed by atoms with Crippen molar-refractivity contribution in [1.82, 2.24) is 0 Å². The lowest BCUT2D eigenvalue weighted by Gasteiger charge is -2.37. The Morgan fingerprint density at radius 3 is 2.45 bits per heavy atom. The highest BCUT2D eigenvalue weighted by Gasteiger charge is 2.37. The highest BCUT2D eigenvalue weighted by molar-refractivity contribution is 6.02. The Morgan fingerprint density at radius 1 is 1.20 bits per heavy atom. The van der Waals surface area contributed by atoms with Crippen LogP contribution >= 0.6 is 0 Å². The summed E-state index contributed by atoms with van der Waals surface area (Å²) in [5, 5.41) is 9.40. The van der Waals surface area contributed by atoms with E-state index in [9.17, 15) is 14.7 Å². The quantitative estimate of drug-likeness (QED) is 0.858. The zero-order chi connectivity index (χ0) is 14.5. The normalized spacial score (nSPS) is 22.0. The predicted octanol–water partition coefficient (Wildman–Crippen LogP) is 2.85. The summed E-state index contributed by atoms with van der Waals surface area (Å²) in [5.41, 5.74) is 0.732. The minimum absolute atomic E-state index is 0.241. The van der Waals surface area contributed by atoms with Gasteiger partial charge in [-0.05, 0) is 31.1 Å². The number of anilines is 1. The molecule has 2 unspecified atom stereocenters. The van der Waals surface area contributed by atoms with E-state index in [0.717, 1.165) is 18.5 Å². The Hall–Kier alpha value is -2.10. The van der Waals surface area contributed by atoms with E-state index in [2.05, 4.69) is 6.58 Å². The molecule has 0 aliphatic heterocycles. The first-order chi connectivity index (χ1) is 9.65. The Balaban J connectivity index is 2.37. The van der Waals surface area contributed by atoms with Crippen molar-refractivity contribution in [2.45, 2.75) is 31.7 Å². The first-order valence-corrected chi connectivity index (χ1v) is 6.88. The number of aliphatic carboxylic acids is 1. The molecule has 1 aliphatic rings. The summed E-state index contributed by atoms with van der Waals surface area (Å²) < 4.78 is 0. The van der Waals surface area contributed by atoms with E-state index in [4.69, 9.17) is 0 Å². The molecule has 20 heavy (non-hydrogen) atoms. The number of rotatable bonds is 4. The van der Waals surface area contributed by atoms with Crippen LogP contribution in [-0.2, 0) is 9.59 Å². The van der Waals surface area contributed by atoms with E-state index in [1.165, 1.54) is 6.08 Å².